The van der Waals surface area contributed by atoms with Crippen molar-refractivity contribution in [3.05, 3.63) is 29.8 Å². The molecule has 26 heavy (non-hydrogen) atoms. The van der Waals surface area contributed by atoms with Gasteiger partial charge in [-0.1, -0.05) is 51.6 Å². The Morgan fingerprint density at radius 1 is 1.19 bits per heavy atom. The van der Waals surface area contributed by atoms with E-state index in [1.807, 2.05) is 17.0 Å². The first-order valence-electron chi connectivity index (χ1n) is 9.18. The first kappa shape index (κ1) is 19.0. The van der Waals surface area contributed by atoms with Gasteiger partial charge in [-0.3, -0.25) is 4.79 Å². The fraction of sp³-hybridized carbons (Fsp3) is 0.550. The van der Waals surface area contributed by atoms with Gasteiger partial charge in [-0.2, -0.15) is 0 Å². The van der Waals surface area contributed by atoms with Crippen LogP contribution >= 0.6 is 11.8 Å². The predicted molar refractivity (Wildman–Crippen MR) is 104 cm³/mol. The summed E-state index contributed by atoms with van der Waals surface area (Å²) in [5.74, 6) is 1.71. The van der Waals surface area contributed by atoms with Crippen molar-refractivity contribution in [1.82, 2.24) is 15.1 Å². The standard InChI is InChI=1S/C20H27N3O2S/c1-14-9-11-23(12-10-14)17(24)13-26-19-22-21-18(25-19)15-5-7-16(8-6-15)20(2,3)4/h5-8,14H,9-13H2,1-4H3. The zero-order valence-electron chi connectivity index (χ0n) is 16.0. The molecule has 0 aliphatic carbocycles. The van der Waals surface area contributed by atoms with Crippen LogP contribution in [0.1, 0.15) is 46.1 Å². The van der Waals surface area contributed by atoms with Crippen LogP contribution in [0.25, 0.3) is 11.5 Å². The van der Waals surface area contributed by atoms with E-state index in [-0.39, 0.29) is 11.3 Å². The smallest absolute Gasteiger partial charge is 0.277 e. The molecule has 0 bridgehead atoms. The summed E-state index contributed by atoms with van der Waals surface area (Å²) >= 11 is 1.31. The number of carbonyl (C=O) groups is 1. The van der Waals surface area contributed by atoms with Gasteiger partial charge in [0.1, 0.15) is 0 Å². The maximum atomic E-state index is 12.3. The Labute approximate surface area is 159 Å². The maximum Gasteiger partial charge on any atom is 0.277 e. The van der Waals surface area contributed by atoms with E-state index < -0.39 is 0 Å². The number of nitrogens with zero attached hydrogens (tertiary/aromatic N) is 3. The number of carbonyl (C=O) groups excluding carboxylic acids is 1. The van der Waals surface area contributed by atoms with E-state index in [0.717, 1.165) is 37.4 Å². The monoisotopic (exact) mass is 373 g/mol. The highest BCUT2D eigenvalue weighted by Gasteiger charge is 2.21. The number of piperidine rings is 1. The van der Waals surface area contributed by atoms with Crippen molar-refractivity contribution in [3.63, 3.8) is 0 Å². The van der Waals surface area contributed by atoms with Gasteiger partial charge in [0.2, 0.25) is 11.8 Å². The molecule has 0 saturated carbocycles. The fourth-order valence-corrected chi connectivity index (χ4v) is 3.64. The summed E-state index contributed by atoms with van der Waals surface area (Å²) in [5.41, 5.74) is 2.27. The first-order valence-corrected chi connectivity index (χ1v) is 10.2. The van der Waals surface area contributed by atoms with Crippen molar-refractivity contribution < 1.29 is 9.21 Å². The summed E-state index contributed by atoms with van der Waals surface area (Å²) in [6, 6.07) is 8.19. The molecule has 0 spiro atoms. The van der Waals surface area contributed by atoms with Crippen molar-refractivity contribution in [2.24, 2.45) is 5.92 Å². The summed E-state index contributed by atoms with van der Waals surface area (Å²) in [5, 5.41) is 8.63. The lowest BCUT2D eigenvalue weighted by atomic mass is 9.87. The predicted octanol–water partition coefficient (Wildman–Crippen LogP) is 4.38. The Balaban J connectivity index is 1.57. The quantitative estimate of drug-likeness (QED) is 0.744. The van der Waals surface area contributed by atoms with Gasteiger partial charge in [0.25, 0.3) is 5.22 Å². The number of hydrogen-bond donors (Lipinski definition) is 0. The largest absolute Gasteiger partial charge is 0.411 e. The van der Waals surface area contributed by atoms with Crippen LogP contribution in [0.4, 0.5) is 0 Å². The van der Waals surface area contributed by atoms with Gasteiger partial charge < -0.3 is 9.32 Å². The van der Waals surface area contributed by atoms with Crippen LogP contribution < -0.4 is 0 Å². The molecule has 1 aliphatic heterocycles. The van der Waals surface area contributed by atoms with E-state index in [1.54, 1.807) is 0 Å². The molecule has 1 aromatic carbocycles. The van der Waals surface area contributed by atoms with E-state index in [2.05, 4.69) is 50.0 Å². The zero-order chi connectivity index (χ0) is 18.7. The summed E-state index contributed by atoms with van der Waals surface area (Å²) < 4.78 is 5.72. The van der Waals surface area contributed by atoms with Gasteiger partial charge >= 0.3 is 0 Å². The number of thioether (sulfide) groups is 1. The molecule has 0 atom stereocenters. The van der Waals surface area contributed by atoms with Gasteiger partial charge in [-0.25, -0.2) is 0 Å². The van der Waals surface area contributed by atoms with E-state index in [0.29, 0.717) is 16.9 Å². The molecule has 1 aliphatic rings. The molecule has 6 heteroatoms. The molecule has 5 nitrogen and oxygen atoms in total. The van der Waals surface area contributed by atoms with Gasteiger partial charge in [0, 0.05) is 18.7 Å². The number of aromatic nitrogens is 2. The molecular formula is C20H27N3O2S. The Morgan fingerprint density at radius 2 is 1.85 bits per heavy atom. The Kier molecular flexibility index (Phi) is 5.70. The van der Waals surface area contributed by atoms with Crippen LogP contribution in [0.2, 0.25) is 0 Å². The van der Waals surface area contributed by atoms with Crippen LogP contribution in [0.5, 0.6) is 0 Å². The number of benzene rings is 1. The average Bonchev–Trinajstić information content (AvgIpc) is 3.09. The zero-order valence-corrected chi connectivity index (χ0v) is 16.8. The molecule has 0 radical (unpaired) electrons. The maximum absolute atomic E-state index is 12.3. The third kappa shape index (κ3) is 4.67. The van der Waals surface area contributed by atoms with Crippen molar-refractivity contribution >= 4 is 17.7 Å². The highest BCUT2D eigenvalue weighted by atomic mass is 32.2. The lowest BCUT2D eigenvalue weighted by molar-refractivity contribution is -0.129. The van der Waals surface area contributed by atoms with E-state index in [1.165, 1.54) is 17.3 Å². The Bertz CT molecular complexity index is 741. The molecule has 3 rings (SSSR count). The molecule has 1 saturated heterocycles. The normalized spacial score (nSPS) is 16.1. The number of hydrogen-bond acceptors (Lipinski definition) is 5. The molecule has 140 valence electrons. The van der Waals surface area contributed by atoms with Gasteiger partial charge in [-0.05, 0) is 41.9 Å². The van der Waals surface area contributed by atoms with E-state index in [4.69, 9.17) is 4.42 Å². The number of amides is 1. The number of rotatable bonds is 4. The fourth-order valence-electron chi connectivity index (χ4n) is 2.97. The molecule has 1 aromatic heterocycles. The van der Waals surface area contributed by atoms with E-state index in [9.17, 15) is 4.79 Å². The Hall–Kier alpha value is -1.82. The van der Waals surface area contributed by atoms with Crippen LogP contribution in [-0.4, -0.2) is 39.8 Å². The van der Waals surface area contributed by atoms with Gasteiger partial charge in [-0.15, -0.1) is 10.2 Å². The highest BCUT2D eigenvalue weighted by molar-refractivity contribution is 7.99. The molecule has 0 unspecified atom stereocenters. The van der Waals surface area contributed by atoms with Crippen molar-refractivity contribution in [2.45, 2.75) is 51.2 Å². The van der Waals surface area contributed by atoms with Gasteiger partial charge in [0.15, 0.2) is 0 Å². The minimum Gasteiger partial charge on any atom is -0.411 e. The molecule has 0 N–H and O–H groups in total. The SMILES string of the molecule is CC1CCN(C(=O)CSc2nnc(-c3ccc(C(C)(C)C)cc3)o2)CC1. The summed E-state index contributed by atoms with van der Waals surface area (Å²) in [7, 11) is 0. The topological polar surface area (TPSA) is 59.2 Å². The minimum absolute atomic E-state index is 0.112. The van der Waals surface area contributed by atoms with E-state index >= 15 is 0 Å². The van der Waals surface area contributed by atoms with Crippen molar-refractivity contribution in [2.75, 3.05) is 18.8 Å². The molecule has 1 amide bonds. The van der Waals surface area contributed by atoms with Crippen LogP contribution in [0.3, 0.4) is 0 Å². The highest BCUT2D eigenvalue weighted by Crippen LogP contribution is 2.27. The molecule has 2 heterocycles. The summed E-state index contributed by atoms with van der Waals surface area (Å²) in [6.07, 6.45) is 2.18. The molecular weight excluding hydrogens is 346 g/mol. The second kappa shape index (κ2) is 7.82. The lowest BCUT2D eigenvalue weighted by Gasteiger charge is -2.30. The summed E-state index contributed by atoms with van der Waals surface area (Å²) in [6.45, 7) is 10.5. The third-order valence-electron chi connectivity index (χ3n) is 4.86. The second-order valence-electron chi connectivity index (χ2n) is 8.05. The molecule has 2 aromatic rings. The minimum atomic E-state index is 0.112. The van der Waals surface area contributed by atoms with Crippen LogP contribution in [-0.2, 0) is 10.2 Å². The van der Waals surface area contributed by atoms with Crippen molar-refractivity contribution in [1.29, 1.82) is 0 Å². The molecule has 1 fully saturated rings. The van der Waals surface area contributed by atoms with Gasteiger partial charge in [0.05, 0.1) is 5.75 Å². The first-order chi connectivity index (χ1) is 12.3. The summed E-state index contributed by atoms with van der Waals surface area (Å²) in [4.78, 5) is 14.2. The lowest BCUT2D eigenvalue weighted by Crippen LogP contribution is -2.38. The average molecular weight is 374 g/mol. The second-order valence-corrected chi connectivity index (χ2v) is 8.98. The number of likely N-dealkylation sites (tertiary alicyclic amines) is 1. The Morgan fingerprint density at radius 3 is 2.46 bits per heavy atom. The van der Waals surface area contributed by atoms with Crippen molar-refractivity contribution in [3.8, 4) is 11.5 Å². The van der Waals surface area contributed by atoms with Crippen LogP contribution in [0.15, 0.2) is 33.9 Å². The van der Waals surface area contributed by atoms with Crippen LogP contribution in [0, 0.1) is 5.92 Å². The third-order valence-corrected chi connectivity index (χ3v) is 5.66.